The van der Waals surface area contributed by atoms with Gasteiger partial charge in [0.05, 0.1) is 12.2 Å². The van der Waals surface area contributed by atoms with Crippen LogP contribution in [-0.2, 0) is 17.6 Å². The average Bonchev–Trinajstić information content (AvgIpc) is 2.63. The Balaban J connectivity index is 1.79. The van der Waals surface area contributed by atoms with Crippen LogP contribution in [0, 0.1) is 0 Å². The van der Waals surface area contributed by atoms with Crippen molar-refractivity contribution in [1.29, 1.82) is 0 Å². The molecule has 0 heterocycles. The minimum absolute atomic E-state index is 0.317. The molecule has 0 radical (unpaired) electrons. The lowest BCUT2D eigenvalue weighted by Crippen LogP contribution is -2.14. The van der Waals surface area contributed by atoms with Crippen LogP contribution in [0.5, 0.6) is 5.75 Å². The maximum atomic E-state index is 12.2. The van der Waals surface area contributed by atoms with Crippen molar-refractivity contribution in [1.82, 2.24) is 0 Å². The average molecular weight is 380 g/mol. The van der Waals surface area contributed by atoms with Crippen LogP contribution < -0.4 is 4.74 Å². The second-order valence-electron chi connectivity index (χ2n) is 6.23. The van der Waals surface area contributed by atoms with Gasteiger partial charge >= 0.3 is 12.3 Å². The Kier molecular flexibility index (Phi) is 7.85. The second-order valence-corrected chi connectivity index (χ2v) is 6.23. The van der Waals surface area contributed by atoms with Crippen molar-refractivity contribution in [3.05, 3.63) is 65.2 Å². The van der Waals surface area contributed by atoms with E-state index in [2.05, 4.69) is 11.7 Å². The van der Waals surface area contributed by atoms with E-state index in [-0.39, 0.29) is 6.61 Å². The molecule has 2 rings (SSSR count). The molecule has 0 unspecified atom stereocenters. The van der Waals surface area contributed by atoms with Gasteiger partial charge in [-0.05, 0) is 61.1 Å². The largest absolute Gasteiger partial charge is 0.522 e. The van der Waals surface area contributed by atoms with Crippen LogP contribution in [0.1, 0.15) is 47.7 Å². The van der Waals surface area contributed by atoms with Crippen molar-refractivity contribution >= 4 is 5.97 Å². The third-order valence-corrected chi connectivity index (χ3v) is 3.99. The first kappa shape index (κ1) is 21.0. The number of carbonyl (C=O) groups excluding carboxylic acids is 1. The van der Waals surface area contributed by atoms with Crippen LogP contribution in [0.15, 0.2) is 48.5 Å². The highest BCUT2D eigenvalue weighted by molar-refractivity contribution is 5.91. The fourth-order valence-corrected chi connectivity index (χ4v) is 2.61. The van der Waals surface area contributed by atoms with E-state index in [1.54, 1.807) is 36.4 Å². The molecular formula is C21H23F3O3. The van der Waals surface area contributed by atoms with Gasteiger partial charge < -0.3 is 4.74 Å². The molecule has 0 aliphatic heterocycles. The summed E-state index contributed by atoms with van der Waals surface area (Å²) in [5.41, 5.74) is 2.57. The number of ether oxygens (including phenoxy) is 2. The molecule has 0 spiro atoms. The normalized spacial score (nSPS) is 11.4. The number of hydrogen-bond acceptors (Lipinski definition) is 3. The first-order chi connectivity index (χ1) is 12.9. The van der Waals surface area contributed by atoms with Crippen molar-refractivity contribution in [2.45, 2.75) is 45.4 Å². The summed E-state index contributed by atoms with van der Waals surface area (Å²) in [4.78, 5) is 12.2. The number of esters is 1. The Bertz CT molecular complexity index is 707. The maximum Gasteiger partial charge on any atom is 0.522 e. The minimum Gasteiger partial charge on any atom is -0.423 e. The summed E-state index contributed by atoms with van der Waals surface area (Å²) in [7, 11) is 0. The van der Waals surface area contributed by atoms with Gasteiger partial charge in [-0.3, -0.25) is 4.74 Å². The number of aryl methyl sites for hydroxylation is 2. The molecule has 0 bridgehead atoms. The van der Waals surface area contributed by atoms with Crippen LogP contribution in [-0.4, -0.2) is 18.9 Å². The highest BCUT2D eigenvalue weighted by atomic mass is 19.4. The highest BCUT2D eigenvalue weighted by Crippen LogP contribution is 2.18. The number of halogens is 3. The number of unbranched alkanes of at least 4 members (excludes halogenated alkanes) is 1. The zero-order chi connectivity index (χ0) is 19.7. The van der Waals surface area contributed by atoms with Crippen molar-refractivity contribution in [2.24, 2.45) is 0 Å². The third-order valence-electron chi connectivity index (χ3n) is 3.99. The molecule has 0 fully saturated rings. The Morgan fingerprint density at radius 2 is 1.48 bits per heavy atom. The molecule has 0 N–H and O–H groups in total. The van der Waals surface area contributed by atoms with Crippen molar-refractivity contribution in [3.63, 3.8) is 0 Å². The predicted octanol–water partition coefficient (Wildman–Crippen LogP) is 5.72. The quantitative estimate of drug-likeness (QED) is 0.317. The fraction of sp³-hybridized carbons (Fsp3) is 0.381. The smallest absolute Gasteiger partial charge is 0.423 e. The topological polar surface area (TPSA) is 35.5 Å². The number of benzene rings is 2. The van der Waals surface area contributed by atoms with Gasteiger partial charge in [0.1, 0.15) is 5.75 Å². The van der Waals surface area contributed by atoms with Crippen LogP contribution in [0.2, 0.25) is 0 Å². The van der Waals surface area contributed by atoms with Gasteiger partial charge in [-0.25, -0.2) is 4.79 Å². The summed E-state index contributed by atoms with van der Waals surface area (Å²) in [6.07, 6.45) is -1.02. The molecule has 0 atom stereocenters. The lowest BCUT2D eigenvalue weighted by atomic mass is 10.1. The zero-order valence-electron chi connectivity index (χ0n) is 15.2. The Hall–Kier alpha value is -2.34. The number of hydrogen-bond donors (Lipinski definition) is 0. The lowest BCUT2D eigenvalue weighted by molar-refractivity contribution is -0.324. The standard InChI is InChI=1S/C21H23F3O3/c1-2-5-16-9-13-19(14-10-16)27-20(25)18-11-7-17(8-12-18)6-3-4-15-26-21(22,23)24/h7-14H,2-6,15H2,1H3. The van der Waals surface area contributed by atoms with Crippen LogP contribution >= 0.6 is 0 Å². The SMILES string of the molecule is CCCc1ccc(OC(=O)c2ccc(CCCCOC(F)(F)F)cc2)cc1. The van der Waals surface area contributed by atoms with Gasteiger partial charge in [0.2, 0.25) is 0 Å². The van der Waals surface area contributed by atoms with E-state index in [1.165, 1.54) is 5.56 Å². The third kappa shape index (κ3) is 7.83. The molecule has 3 nitrogen and oxygen atoms in total. The Labute approximate surface area is 157 Å². The molecule has 146 valence electrons. The van der Waals surface area contributed by atoms with Gasteiger partial charge in [0.15, 0.2) is 0 Å². The first-order valence-electron chi connectivity index (χ1n) is 8.98. The van der Waals surface area contributed by atoms with Crippen molar-refractivity contribution in [2.75, 3.05) is 6.61 Å². The van der Waals surface area contributed by atoms with E-state index in [0.29, 0.717) is 30.6 Å². The van der Waals surface area contributed by atoms with E-state index >= 15 is 0 Å². The number of rotatable bonds is 9. The van der Waals surface area contributed by atoms with Gasteiger partial charge in [0.25, 0.3) is 0 Å². The lowest BCUT2D eigenvalue weighted by Gasteiger charge is -2.08. The van der Waals surface area contributed by atoms with E-state index in [9.17, 15) is 18.0 Å². The fourth-order valence-electron chi connectivity index (χ4n) is 2.61. The molecule has 0 saturated heterocycles. The van der Waals surface area contributed by atoms with Crippen LogP contribution in [0.4, 0.5) is 13.2 Å². The molecule has 0 amide bonds. The minimum atomic E-state index is -4.57. The number of alkyl halides is 3. The van der Waals surface area contributed by atoms with Gasteiger partial charge in [-0.15, -0.1) is 13.2 Å². The molecular weight excluding hydrogens is 357 g/mol. The van der Waals surface area contributed by atoms with E-state index in [4.69, 9.17) is 4.74 Å². The second kappa shape index (κ2) is 10.1. The summed E-state index contributed by atoms with van der Waals surface area (Å²) in [6, 6.07) is 14.3. The molecule has 6 heteroatoms. The van der Waals surface area contributed by atoms with Gasteiger partial charge in [-0.2, -0.15) is 0 Å². The van der Waals surface area contributed by atoms with Crippen LogP contribution in [0.3, 0.4) is 0 Å². The predicted molar refractivity (Wildman–Crippen MR) is 96.8 cm³/mol. The summed E-state index contributed by atoms with van der Waals surface area (Å²) in [5, 5.41) is 0. The summed E-state index contributed by atoms with van der Waals surface area (Å²) in [5.74, 6) is 0.0527. The molecule has 0 aliphatic carbocycles. The Morgan fingerprint density at radius 1 is 0.889 bits per heavy atom. The van der Waals surface area contributed by atoms with Gasteiger partial charge in [-0.1, -0.05) is 37.6 Å². The monoisotopic (exact) mass is 380 g/mol. The van der Waals surface area contributed by atoms with E-state index in [1.807, 2.05) is 12.1 Å². The maximum absolute atomic E-state index is 12.2. The molecule has 0 saturated carbocycles. The highest BCUT2D eigenvalue weighted by Gasteiger charge is 2.28. The van der Waals surface area contributed by atoms with Gasteiger partial charge in [0, 0.05) is 0 Å². The first-order valence-corrected chi connectivity index (χ1v) is 8.98. The van der Waals surface area contributed by atoms with Crippen LogP contribution in [0.25, 0.3) is 0 Å². The van der Waals surface area contributed by atoms with Crippen molar-refractivity contribution in [3.8, 4) is 5.75 Å². The van der Waals surface area contributed by atoms with E-state index < -0.39 is 12.3 Å². The molecule has 0 aromatic heterocycles. The zero-order valence-corrected chi connectivity index (χ0v) is 15.2. The Morgan fingerprint density at radius 3 is 2.07 bits per heavy atom. The summed E-state index contributed by atoms with van der Waals surface area (Å²) >= 11 is 0. The molecule has 2 aromatic rings. The molecule has 2 aromatic carbocycles. The number of carbonyl (C=O) groups is 1. The summed E-state index contributed by atoms with van der Waals surface area (Å²) in [6.45, 7) is 1.76. The van der Waals surface area contributed by atoms with Crippen molar-refractivity contribution < 1.29 is 27.4 Å². The molecule has 27 heavy (non-hydrogen) atoms. The summed E-state index contributed by atoms with van der Waals surface area (Å²) < 4.78 is 44.7. The van der Waals surface area contributed by atoms with E-state index in [0.717, 1.165) is 18.4 Å². The molecule has 0 aliphatic rings.